The first-order valence-electron chi connectivity index (χ1n) is 5.08. The number of rotatable bonds is 3. The molecule has 2 aromatic rings. The van der Waals surface area contributed by atoms with Gasteiger partial charge in [-0.2, -0.15) is 0 Å². The van der Waals surface area contributed by atoms with E-state index in [-0.39, 0.29) is 15.4 Å². The zero-order valence-electron chi connectivity index (χ0n) is 9.29. The molecule has 0 aliphatic heterocycles. The topological polar surface area (TPSA) is 17.1 Å². The maximum atomic E-state index is 13.6. The van der Waals surface area contributed by atoms with Gasteiger partial charge in [-0.05, 0) is 30.3 Å². The van der Waals surface area contributed by atoms with Crippen LogP contribution >= 0.6 is 11.8 Å². The van der Waals surface area contributed by atoms with Gasteiger partial charge >= 0.3 is 0 Å². The third-order valence-electron chi connectivity index (χ3n) is 2.27. The van der Waals surface area contributed by atoms with Crippen LogP contribution in [-0.4, -0.2) is 6.29 Å². The highest BCUT2D eigenvalue weighted by Crippen LogP contribution is 2.33. The van der Waals surface area contributed by atoms with E-state index >= 15 is 0 Å². The molecule has 0 bridgehead atoms. The Balaban J connectivity index is 2.38. The van der Waals surface area contributed by atoms with Crippen molar-refractivity contribution in [1.29, 1.82) is 0 Å². The molecular weight excluding hydrogens is 280 g/mol. The third-order valence-corrected chi connectivity index (χ3v) is 3.35. The predicted molar refractivity (Wildman–Crippen MR) is 62.2 cm³/mol. The van der Waals surface area contributed by atoms with Crippen molar-refractivity contribution in [3.05, 3.63) is 59.2 Å². The Morgan fingerprint density at radius 1 is 0.842 bits per heavy atom. The Bertz CT molecular complexity index is 620. The minimum Gasteiger partial charge on any atom is -0.298 e. The van der Waals surface area contributed by atoms with Crippen LogP contribution in [0.5, 0.6) is 0 Å². The summed E-state index contributed by atoms with van der Waals surface area (Å²) >= 11 is 0.610. The first-order valence-corrected chi connectivity index (χ1v) is 5.90. The maximum absolute atomic E-state index is 13.6. The summed E-state index contributed by atoms with van der Waals surface area (Å²) in [6.07, 6.45) is 0.318. The van der Waals surface area contributed by atoms with E-state index in [1.54, 1.807) is 0 Å². The standard InChI is InChI=1S/C13H6F4OS/c14-9-2-1-8(5-10(9)15)19-13-11(16)3-7(6-18)4-12(13)17/h1-6H. The summed E-state index contributed by atoms with van der Waals surface area (Å²) in [5.41, 5.74) is -0.135. The first kappa shape index (κ1) is 13.6. The average Bonchev–Trinajstić information content (AvgIpc) is 2.37. The molecule has 0 atom stereocenters. The molecule has 2 rings (SSSR count). The Labute approximate surface area is 110 Å². The van der Waals surface area contributed by atoms with Gasteiger partial charge in [0.25, 0.3) is 0 Å². The highest BCUT2D eigenvalue weighted by atomic mass is 32.2. The molecule has 6 heteroatoms. The second-order valence-corrected chi connectivity index (χ2v) is 4.69. The van der Waals surface area contributed by atoms with Crippen molar-refractivity contribution in [2.75, 3.05) is 0 Å². The SMILES string of the molecule is O=Cc1cc(F)c(Sc2ccc(F)c(F)c2)c(F)c1. The molecule has 0 heterocycles. The number of aldehydes is 1. The second kappa shape index (κ2) is 5.44. The first-order chi connectivity index (χ1) is 9.01. The van der Waals surface area contributed by atoms with Gasteiger partial charge in [-0.1, -0.05) is 11.8 Å². The lowest BCUT2D eigenvalue weighted by atomic mass is 10.2. The predicted octanol–water partition coefficient (Wildman–Crippen LogP) is 4.21. The molecule has 1 nitrogen and oxygen atoms in total. The molecule has 0 saturated heterocycles. The maximum Gasteiger partial charge on any atom is 0.159 e. The fraction of sp³-hybridized carbons (Fsp3) is 0. The van der Waals surface area contributed by atoms with Gasteiger partial charge in [0.1, 0.15) is 17.9 Å². The lowest BCUT2D eigenvalue weighted by Gasteiger charge is -2.06. The second-order valence-electron chi connectivity index (χ2n) is 3.61. The molecule has 19 heavy (non-hydrogen) atoms. The van der Waals surface area contributed by atoms with Crippen molar-refractivity contribution in [3.63, 3.8) is 0 Å². The summed E-state index contributed by atoms with van der Waals surface area (Å²) in [4.78, 5) is 10.2. The van der Waals surface area contributed by atoms with Gasteiger partial charge in [0.2, 0.25) is 0 Å². The van der Waals surface area contributed by atoms with Crippen molar-refractivity contribution >= 4 is 18.0 Å². The molecule has 0 unspecified atom stereocenters. The lowest BCUT2D eigenvalue weighted by molar-refractivity contribution is 0.112. The van der Waals surface area contributed by atoms with Crippen molar-refractivity contribution in [3.8, 4) is 0 Å². The highest BCUT2D eigenvalue weighted by Gasteiger charge is 2.13. The molecule has 0 aromatic heterocycles. The van der Waals surface area contributed by atoms with Crippen molar-refractivity contribution in [2.24, 2.45) is 0 Å². The van der Waals surface area contributed by atoms with Crippen molar-refractivity contribution in [2.45, 2.75) is 9.79 Å². The molecule has 2 aromatic carbocycles. The van der Waals surface area contributed by atoms with Crippen LogP contribution in [0.2, 0.25) is 0 Å². The molecule has 98 valence electrons. The molecule has 0 saturated carbocycles. The fourth-order valence-corrected chi connectivity index (χ4v) is 2.25. The zero-order chi connectivity index (χ0) is 14.0. The molecule has 0 N–H and O–H groups in total. The number of benzene rings is 2. The molecule has 0 amide bonds. The Kier molecular flexibility index (Phi) is 3.90. The van der Waals surface area contributed by atoms with Crippen LogP contribution in [0.25, 0.3) is 0 Å². The Morgan fingerprint density at radius 3 is 2.00 bits per heavy atom. The van der Waals surface area contributed by atoms with E-state index in [9.17, 15) is 22.4 Å². The van der Waals surface area contributed by atoms with Crippen LogP contribution in [0.15, 0.2) is 40.1 Å². The van der Waals surface area contributed by atoms with Crippen molar-refractivity contribution < 1.29 is 22.4 Å². The summed E-state index contributed by atoms with van der Waals surface area (Å²) in [6, 6.07) is 4.66. The van der Waals surface area contributed by atoms with Gasteiger partial charge < -0.3 is 0 Å². The number of carbonyl (C=O) groups excluding carboxylic acids is 1. The monoisotopic (exact) mass is 286 g/mol. The number of hydrogen-bond donors (Lipinski definition) is 0. The van der Waals surface area contributed by atoms with E-state index in [1.165, 1.54) is 6.07 Å². The smallest absolute Gasteiger partial charge is 0.159 e. The van der Waals surface area contributed by atoms with Gasteiger partial charge in [-0.15, -0.1) is 0 Å². The van der Waals surface area contributed by atoms with E-state index in [0.29, 0.717) is 18.0 Å². The van der Waals surface area contributed by atoms with E-state index < -0.39 is 23.3 Å². The van der Waals surface area contributed by atoms with Crippen LogP contribution in [0, 0.1) is 23.3 Å². The summed E-state index contributed by atoms with van der Waals surface area (Å²) in [7, 11) is 0. The molecule has 0 aliphatic rings. The van der Waals surface area contributed by atoms with E-state index in [4.69, 9.17) is 0 Å². The number of carbonyl (C=O) groups is 1. The molecule has 0 spiro atoms. The van der Waals surface area contributed by atoms with Crippen LogP contribution < -0.4 is 0 Å². The summed E-state index contributed by atoms with van der Waals surface area (Å²) < 4.78 is 52.9. The molecule has 0 fully saturated rings. The Hall–Kier alpha value is -1.82. The van der Waals surface area contributed by atoms with Crippen LogP contribution in [0.3, 0.4) is 0 Å². The van der Waals surface area contributed by atoms with Gasteiger partial charge in [-0.25, -0.2) is 17.6 Å². The fourth-order valence-electron chi connectivity index (χ4n) is 1.40. The summed E-state index contributed by atoms with van der Waals surface area (Å²) in [5.74, 6) is -4.01. The largest absolute Gasteiger partial charge is 0.298 e. The third kappa shape index (κ3) is 2.96. The normalized spacial score (nSPS) is 10.5. The average molecular weight is 286 g/mol. The summed E-state index contributed by atoms with van der Waals surface area (Å²) in [5, 5.41) is 0. The van der Waals surface area contributed by atoms with Crippen LogP contribution in [-0.2, 0) is 0 Å². The van der Waals surface area contributed by atoms with E-state index in [2.05, 4.69) is 0 Å². The zero-order valence-corrected chi connectivity index (χ0v) is 10.1. The van der Waals surface area contributed by atoms with Crippen molar-refractivity contribution in [1.82, 2.24) is 0 Å². The molecular formula is C13H6F4OS. The van der Waals surface area contributed by atoms with Gasteiger partial charge in [0.15, 0.2) is 11.6 Å². The summed E-state index contributed by atoms with van der Waals surface area (Å²) in [6.45, 7) is 0. The Morgan fingerprint density at radius 2 is 1.47 bits per heavy atom. The van der Waals surface area contributed by atoms with Gasteiger partial charge in [0, 0.05) is 10.5 Å². The number of halogens is 4. The van der Waals surface area contributed by atoms with E-state index in [1.807, 2.05) is 0 Å². The van der Waals surface area contributed by atoms with Crippen LogP contribution in [0.4, 0.5) is 17.6 Å². The minimum atomic E-state index is -1.10. The lowest BCUT2D eigenvalue weighted by Crippen LogP contribution is -1.92. The van der Waals surface area contributed by atoms with Crippen LogP contribution in [0.1, 0.15) is 10.4 Å². The van der Waals surface area contributed by atoms with E-state index in [0.717, 1.165) is 24.3 Å². The molecule has 0 radical (unpaired) electrons. The van der Waals surface area contributed by atoms with Gasteiger partial charge in [0.05, 0.1) is 4.90 Å². The molecule has 0 aliphatic carbocycles. The quantitative estimate of drug-likeness (QED) is 0.621. The van der Waals surface area contributed by atoms with Gasteiger partial charge in [-0.3, -0.25) is 4.79 Å². The number of hydrogen-bond acceptors (Lipinski definition) is 2. The highest BCUT2D eigenvalue weighted by molar-refractivity contribution is 7.99. The minimum absolute atomic E-state index is 0.135.